The number of carbonyl (C=O) groups is 1. The molecule has 0 atom stereocenters. The zero-order chi connectivity index (χ0) is 20.0. The van der Waals surface area contributed by atoms with E-state index in [0.29, 0.717) is 22.9 Å². The average Bonchev–Trinajstić information content (AvgIpc) is 3.35. The molecule has 6 heteroatoms. The predicted molar refractivity (Wildman–Crippen MR) is 110 cm³/mol. The predicted octanol–water partition coefficient (Wildman–Crippen LogP) is 5.33. The highest BCUT2D eigenvalue weighted by Gasteiger charge is 2.45. The molecule has 5 nitrogen and oxygen atoms in total. The Morgan fingerprint density at radius 1 is 1.21 bits per heavy atom. The number of nitrogens with zero attached hydrogens (tertiary/aromatic N) is 2. The molecule has 150 valence electrons. The van der Waals surface area contributed by atoms with Crippen molar-refractivity contribution in [1.29, 1.82) is 0 Å². The van der Waals surface area contributed by atoms with Crippen LogP contribution in [0.4, 0.5) is 10.1 Å². The van der Waals surface area contributed by atoms with Crippen LogP contribution in [0.2, 0.25) is 0 Å². The molecule has 5 rings (SSSR count). The summed E-state index contributed by atoms with van der Waals surface area (Å²) in [7, 11) is 1.55. The molecule has 2 aliphatic carbocycles. The number of ether oxygens (including phenoxy) is 1. The highest BCUT2D eigenvalue weighted by Crippen LogP contribution is 2.57. The number of hydrogen-bond acceptors (Lipinski definition) is 3. The summed E-state index contributed by atoms with van der Waals surface area (Å²) >= 11 is 0. The average molecular weight is 393 g/mol. The minimum absolute atomic E-state index is 0.00144. The van der Waals surface area contributed by atoms with E-state index in [0.717, 1.165) is 10.9 Å². The number of hydrogen-bond donors (Lipinski definition) is 1. The quantitative estimate of drug-likeness (QED) is 0.652. The number of anilines is 1. The van der Waals surface area contributed by atoms with Gasteiger partial charge in [-0.2, -0.15) is 5.10 Å². The van der Waals surface area contributed by atoms with Gasteiger partial charge in [0.05, 0.1) is 29.9 Å². The number of nitrogens with one attached hydrogen (secondary N) is 1. The van der Waals surface area contributed by atoms with Crippen molar-refractivity contribution in [2.45, 2.75) is 44.6 Å². The first kappa shape index (κ1) is 18.2. The molecule has 1 spiro atoms. The number of benzene rings is 2. The lowest BCUT2D eigenvalue weighted by molar-refractivity contribution is 0.102. The van der Waals surface area contributed by atoms with Gasteiger partial charge in [-0.1, -0.05) is 12.1 Å². The summed E-state index contributed by atoms with van der Waals surface area (Å²) in [6.45, 7) is 0. The summed E-state index contributed by atoms with van der Waals surface area (Å²) in [5.74, 6) is -0.549. The maximum absolute atomic E-state index is 13.9. The van der Waals surface area contributed by atoms with E-state index in [1.165, 1.54) is 50.7 Å². The number of rotatable bonds is 4. The van der Waals surface area contributed by atoms with E-state index in [1.54, 1.807) is 19.2 Å². The third-order valence-corrected chi connectivity index (χ3v) is 6.56. The van der Waals surface area contributed by atoms with E-state index in [-0.39, 0.29) is 5.56 Å². The number of fused-ring (bicyclic) bond motifs is 1. The molecule has 1 aromatic heterocycles. The Hall–Kier alpha value is -2.89. The summed E-state index contributed by atoms with van der Waals surface area (Å²) in [4.78, 5) is 12.5. The fourth-order valence-corrected chi connectivity index (χ4v) is 4.52. The fraction of sp³-hybridized carbons (Fsp3) is 0.391. The molecule has 2 aromatic carbocycles. The normalized spacial score (nSPS) is 18.1. The van der Waals surface area contributed by atoms with Crippen LogP contribution in [0.25, 0.3) is 10.9 Å². The molecule has 3 aromatic rings. The van der Waals surface area contributed by atoms with E-state index in [2.05, 4.69) is 10.00 Å². The lowest BCUT2D eigenvalue weighted by atomic mass is 9.83. The Morgan fingerprint density at radius 2 is 1.97 bits per heavy atom. The van der Waals surface area contributed by atoms with Gasteiger partial charge in [0.2, 0.25) is 0 Å². The standard InChI is InChI=1S/C23H24FN3O2/c1-29-21-13-19-15(12-20(21)25-22(28)17-4-2-3-5-18(17)24)14-27(26-19)16-6-8-23(9-7-16)10-11-23/h2-5,12-14,16H,6-11H2,1H3,(H,25,28). The summed E-state index contributed by atoms with van der Waals surface area (Å²) in [5, 5.41) is 8.48. The van der Waals surface area contributed by atoms with E-state index >= 15 is 0 Å². The zero-order valence-electron chi connectivity index (χ0n) is 16.5. The van der Waals surface area contributed by atoms with Crippen molar-refractivity contribution in [2.75, 3.05) is 12.4 Å². The zero-order valence-corrected chi connectivity index (χ0v) is 16.5. The molecular formula is C23H24FN3O2. The minimum Gasteiger partial charge on any atom is -0.494 e. The molecule has 2 aliphatic rings. The monoisotopic (exact) mass is 393 g/mol. The van der Waals surface area contributed by atoms with Crippen molar-refractivity contribution >= 4 is 22.5 Å². The summed E-state index contributed by atoms with van der Waals surface area (Å²) in [5.41, 5.74) is 1.99. The fourth-order valence-electron chi connectivity index (χ4n) is 4.52. The number of amides is 1. The van der Waals surface area contributed by atoms with E-state index < -0.39 is 11.7 Å². The number of carbonyl (C=O) groups excluding carboxylic acids is 1. The second kappa shape index (κ2) is 6.87. The van der Waals surface area contributed by atoms with E-state index in [1.807, 2.05) is 18.3 Å². The molecular weight excluding hydrogens is 369 g/mol. The molecule has 0 bridgehead atoms. The second-order valence-electron chi connectivity index (χ2n) is 8.39. The van der Waals surface area contributed by atoms with Crippen molar-refractivity contribution < 1.29 is 13.9 Å². The van der Waals surface area contributed by atoms with Crippen LogP contribution in [-0.4, -0.2) is 22.8 Å². The molecule has 1 N–H and O–H groups in total. The molecule has 2 fully saturated rings. The van der Waals surface area contributed by atoms with Gasteiger partial charge in [0.15, 0.2) is 0 Å². The summed E-state index contributed by atoms with van der Waals surface area (Å²) in [6.07, 6.45) is 9.75. The third kappa shape index (κ3) is 3.37. The van der Waals surface area contributed by atoms with Gasteiger partial charge in [-0.05, 0) is 62.1 Å². The first-order valence-corrected chi connectivity index (χ1v) is 10.2. The minimum atomic E-state index is -0.552. The maximum Gasteiger partial charge on any atom is 0.258 e. The van der Waals surface area contributed by atoms with Gasteiger partial charge in [0.25, 0.3) is 5.91 Å². The van der Waals surface area contributed by atoms with Crippen molar-refractivity contribution in [3.63, 3.8) is 0 Å². The number of aromatic nitrogens is 2. The van der Waals surface area contributed by atoms with E-state index in [4.69, 9.17) is 9.84 Å². The Bertz CT molecular complexity index is 1080. The van der Waals surface area contributed by atoms with Crippen molar-refractivity contribution in [2.24, 2.45) is 5.41 Å². The van der Waals surface area contributed by atoms with Crippen LogP contribution in [-0.2, 0) is 0 Å². The van der Waals surface area contributed by atoms with Crippen molar-refractivity contribution in [3.05, 3.63) is 54.0 Å². The van der Waals surface area contributed by atoms with Gasteiger partial charge >= 0.3 is 0 Å². The molecule has 0 unspecified atom stereocenters. The van der Waals surface area contributed by atoms with Gasteiger partial charge in [-0.3, -0.25) is 9.48 Å². The molecule has 0 saturated heterocycles. The van der Waals surface area contributed by atoms with Crippen LogP contribution >= 0.6 is 0 Å². The highest BCUT2D eigenvalue weighted by atomic mass is 19.1. The number of halogens is 1. The second-order valence-corrected chi connectivity index (χ2v) is 8.39. The first-order valence-electron chi connectivity index (χ1n) is 10.2. The molecule has 1 amide bonds. The van der Waals surface area contributed by atoms with Gasteiger partial charge in [0.1, 0.15) is 11.6 Å². The van der Waals surface area contributed by atoms with Gasteiger partial charge in [-0.25, -0.2) is 4.39 Å². The summed E-state index contributed by atoms with van der Waals surface area (Å²) in [6, 6.07) is 10.0. The van der Waals surface area contributed by atoms with E-state index in [9.17, 15) is 9.18 Å². The largest absolute Gasteiger partial charge is 0.494 e. The Morgan fingerprint density at radius 3 is 2.66 bits per heavy atom. The number of methoxy groups -OCH3 is 1. The molecule has 2 saturated carbocycles. The van der Waals surface area contributed by atoms with Gasteiger partial charge in [0, 0.05) is 17.6 Å². The van der Waals surface area contributed by atoms with Crippen molar-refractivity contribution in [3.8, 4) is 5.75 Å². The first-order chi connectivity index (χ1) is 14.1. The lowest BCUT2D eigenvalue weighted by Crippen LogP contribution is -2.19. The topological polar surface area (TPSA) is 56.1 Å². The Kier molecular flexibility index (Phi) is 4.30. The van der Waals surface area contributed by atoms with Crippen LogP contribution in [0, 0.1) is 11.2 Å². The Labute approximate surface area is 168 Å². The molecule has 29 heavy (non-hydrogen) atoms. The molecule has 1 heterocycles. The van der Waals surface area contributed by atoms with Crippen molar-refractivity contribution in [1.82, 2.24) is 9.78 Å². The third-order valence-electron chi connectivity index (χ3n) is 6.56. The van der Waals surface area contributed by atoms with Crippen LogP contribution in [0.3, 0.4) is 0 Å². The highest BCUT2D eigenvalue weighted by molar-refractivity contribution is 6.06. The van der Waals surface area contributed by atoms with Crippen LogP contribution < -0.4 is 10.1 Å². The lowest BCUT2D eigenvalue weighted by Gasteiger charge is -2.28. The smallest absolute Gasteiger partial charge is 0.258 e. The van der Waals surface area contributed by atoms with Gasteiger partial charge in [-0.15, -0.1) is 0 Å². The van der Waals surface area contributed by atoms with Crippen LogP contribution in [0.1, 0.15) is 54.9 Å². The van der Waals surface area contributed by atoms with Crippen LogP contribution in [0.5, 0.6) is 5.75 Å². The SMILES string of the molecule is COc1cc2nn(C3CCC4(CC3)CC4)cc2cc1NC(=O)c1ccccc1F. The molecule has 0 aliphatic heterocycles. The van der Waals surface area contributed by atoms with Gasteiger partial charge < -0.3 is 10.1 Å². The summed E-state index contributed by atoms with van der Waals surface area (Å²) < 4.78 is 21.5. The molecule has 0 radical (unpaired) electrons. The van der Waals surface area contributed by atoms with Crippen LogP contribution in [0.15, 0.2) is 42.6 Å². The Balaban J connectivity index is 1.42. The maximum atomic E-state index is 13.9.